The van der Waals surface area contributed by atoms with Crippen LogP contribution in [-0.4, -0.2) is 64.2 Å². The molecule has 1 aromatic carbocycles. The molecule has 2 fully saturated rings. The maximum Gasteiger partial charge on any atom is 0.416 e. The largest absolute Gasteiger partial charge is 0.444 e. The minimum atomic E-state index is -4.41. The lowest BCUT2D eigenvalue weighted by molar-refractivity contribution is -0.137. The molecule has 2 amide bonds. The number of nitrogens with one attached hydrogen (secondary N) is 1. The van der Waals surface area contributed by atoms with Gasteiger partial charge >= 0.3 is 12.3 Å². The summed E-state index contributed by atoms with van der Waals surface area (Å²) < 4.78 is 50.1. The van der Waals surface area contributed by atoms with E-state index >= 15 is 0 Å². The Balaban J connectivity index is 1.44. The van der Waals surface area contributed by atoms with Crippen LogP contribution in [0.25, 0.3) is 0 Å². The van der Waals surface area contributed by atoms with Crippen molar-refractivity contribution in [3.8, 4) is 0 Å². The maximum atomic E-state index is 12.9. The van der Waals surface area contributed by atoms with Crippen molar-refractivity contribution in [1.29, 1.82) is 0 Å². The van der Waals surface area contributed by atoms with E-state index in [-0.39, 0.29) is 25.6 Å². The first-order valence-electron chi connectivity index (χ1n) is 12.0. The van der Waals surface area contributed by atoms with E-state index < -0.39 is 35.6 Å². The van der Waals surface area contributed by atoms with E-state index in [0.717, 1.165) is 18.6 Å². The molecule has 2 aliphatic heterocycles. The van der Waals surface area contributed by atoms with Gasteiger partial charge in [-0.05, 0) is 44.9 Å². The second kappa shape index (κ2) is 10.5. The zero-order chi connectivity index (χ0) is 26.8. The SMILES string of the molecule is CC(C)(C)OC(=O)N1C[C@@H](Nc2ncc(N3CCCC3=O)cn2)[C@H](OCc2ccc(C(F)(F)F)cc2)C1. The molecule has 37 heavy (non-hydrogen) atoms. The van der Waals surface area contributed by atoms with Crippen molar-refractivity contribution in [3.63, 3.8) is 0 Å². The molecule has 0 aliphatic carbocycles. The van der Waals surface area contributed by atoms with Crippen molar-refractivity contribution in [1.82, 2.24) is 14.9 Å². The summed E-state index contributed by atoms with van der Waals surface area (Å²) in [5, 5.41) is 3.18. The van der Waals surface area contributed by atoms with Gasteiger partial charge in [-0.25, -0.2) is 14.8 Å². The molecule has 200 valence electrons. The summed E-state index contributed by atoms with van der Waals surface area (Å²) >= 11 is 0. The van der Waals surface area contributed by atoms with Gasteiger partial charge in [0.05, 0.1) is 48.9 Å². The highest BCUT2D eigenvalue weighted by atomic mass is 19.4. The highest BCUT2D eigenvalue weighted by Gasteiger charge is 2.38. The number of anilines is 2. The summed E-state index contributed by atoms with van der Waals surface area (Å²) in [6.45, 7) is 6.47. The average Bonchev–Trinajstić information content (AvgIpc) is 3.43. The molecule has 1 aromatic heterocycles. The summed E-state index contributed by atoms with van der Waals surface area (Å²) in [5.74, 6) is 0.333. The summed E-state index contributed by atoms with van der Waals surface area (Å²) in [4.78, 5) is 36.4. The molecule has 2 saturated heterocycles. The number of alkyl halides is 3. The molecule has 2 aromatic rings. The van der Waals surface area contributed by atoms with Crippen LogP contribution in [0.15, 0.2) is 36.7 Å². The molecular formula is C25H30F3N5O4. The van der Waals surface area contributed by atoms with E-state index in [4.69, 9.17) is 9.47 Å². The van der Waals surface area contributed by atoms with Gasteiger partial charge in [0.2, 0.25) is 11.9 Å². The molecule has 1 N–H and O–H groups in total. The van der Waals surface area contributed by atoms with Gasteiger partial charge in [-0.2, -0.15) is 13.2 Å². The Labute approximate surface area is 213 Å². The standard InChI is InChI=1S/C25H30F3N5O4/c1-24(2,3)37-23(35)32-13-19(31-22-29-11-18(12-30-22)33-10-4-5-21(33)34)20(14-32)36-15-16-6-8-17(9-7-16)25(26,27)28/h6-9,11-12,19-20H,4-5,10,13-15H2,1-3H3,(H,29,30,31)/t19-,20-/m1/s1. The zero-order valence-corrected chi connectivity index (χ0v) is 20.9. The number of amides is 2. The van der Waals surface area contributed by atoms with Gasteiger partial charge in [-0.1, -0.05) is 12.1 Å². The first-order chi connectivity index (χ1) is 17.4. The normalized spacial score (nSPS) is 20.4. The molecule has 2 aliphatic rings. The minimum absolute atomic E-state index is 0.0323. The molecule has 0 radical (unpaired) electrons. The molecule has 0 spiro atoms. The number of carbonyl (C=O) groups is 2. The molecule has 12 heteroatoms. The van der Waals surface area contributed by atoms with Crippen molar-refractivity contribution in [3.05, 3.63) is 47.8 Å². The first-order valence-corrected chi connectivity index (χ1v) is 12.0. The van der Waals surface area contributed by atoms with Crippen LogP contribution >= 0.6 is 0 Å². The van der Waals surface area contributed by atoms with E-state index in [1.807, 2.05) is 0 Å². The van der Waals surface area contributed by atoms with Crippen LogP contribution in [0, 0.1) is 0 Å². The number of halogens is 3. The molecule has 0 saturated carbocycles. The molecule has 3 heterocycles. The van der Waals surface area contributed by atoms with Crippen LogP contribution in [0.4, 0.5) is 29.6 Å². The lowest BCUT2D eigenvalue weighted by Gasteiger charge is -2.24. The fourth-order valence-electron chi connectivity index (χ4n) is 4.17. The van der Waals surface area contributed by atoms with Crippen LogP contribution in [0.1, 0.15) is 44.7 Å². The number of rotatable bonds is 6. The van der Waals surface area contributed by atoms with Gasteiger partial charge < -0.3 is 24.6 Å². The number of carbonyl (C=O) groups excluding carboxylic acids is 2. The average molecular weight is 522 g/mol. The van der Waals surface area contributed by atoms with Crippen molar-refractivity contribution < 1.29 is 32.2 Å². The summed E-state index contributed by atoms with van der Waals surface area (Å²) in [5.41, 5.74) is -0.224. The fraction of sp³-hybridized carbons (Fsp3) is 0.520. The van der Waals surface area contributed by atoms with Gasteiger partial charge in [0.1, 0.15) is 5.60 Å². The quantitative estimate of drug-likeness (QED) is 0.608. The minimum Gasteiger partial charge on any atom is -0.444 e. The van der Waals surface area contributed by atoms with Crippen LogP contribution < -0.4 is 10.2 Å². The van der Waals surface area contributed by atoms with Crippen molar-refractivity contribution in [2.45, 2.75) is 64.1 Å². The first kappa shape index (κ1) is 26.6. The second-order valence-corrected chi connectivity index (χ2v) is 10.1. The molecule has 0 unspecified atom stereocenters. The molecule has 0 bridgehead atoms. The van der Waals surface area contributed by atoms with Gasteiger partial charge in [-0.3, -0.25) is 4.79 Å². The Morgan fingerprint density at radius 2 is 1.78 bits per heavy atom. The monoisotopic (exact) mass is 521 g/mol. The smallest absolute Gasteiger partial charge is 0.416 e. The number of nitrogens with zero attached hydrogens (tertiary/aromatic N) is 4. The van der Waals surface area contributed by atoms with Gasteiger partial charge in [0.25, 0.3) is 0 Å². The van der Waals surface area contributed by atoms with Crippen molar-refractivity contribution in [2.75, 3.05) is 29.9 Å². The number of benzene rings is 1. The number of ether oxygens (including phenoxy) is 2. The lowest BCUT2D eigenvalue weighted by atomic mass is 10.1. The van der Waals surface area contributed by atoms with E-state index in [1.54, 1.807) is 38.1 Å². The van der Waals surface area contributed by atoms with Crippen LogP contribution in [0.2, 0.25) is 0 Å². The van der Waals surface area contributed by atoms with Gasteiger partial charge in [0, 0.05) is 19.5 Å². The summed E-state index contributed by atoms with van der Waals surface area (Å²) in [6, 6.07) is 4.36. The predicted molar refractivity (Wildman–Crippen MR) is 129 cm³/mol. The van der Waals surface area contributed by atoms with Crippen molar-refractivity contribution in [2.24, 2.45) is 0 Å². The third kappa shape index (κ3) is 6.88. The summed E-state index contributed by atoms with van der Waals surface area (Å²) in [7, 11) is 0. The van der Waals surface area contributed by atoms with E-state index in [0.29, 0.717) is 30.2 Å². The highest BCUT2D eigenvalue weighted by molar-refractivity contribution is 5.95. The Bertz CT molecular complexity index is 1100. The van der Waals surface area contributed by atoms with E-state index in [2.05, 4.69) is 15.3 Å². The topological polar surface area (TPSA) is 96.9 Å². The third-order valence-electron chi connectivity index (χ3n) is 6.00. The highest BCUT2D eigenvalue weighted by Crippen LogP contribution is 2.29. The second-order valence-electron chi connectivity index (χ2n) is 10.1. The van der Waals surface area contributed by atoms with Crippen LogP contribution in [0.5, 0.6) is 0 Å². The van der Waals surface area contributed by atoms with Crippen LogP contribution in [0.3, 0.4) is 0 Å². The zero-order valence-electron chi connectivity index (χ0n) is 20.9. The predicted octanol–water partition coefficient (Wildman–Crippen LogP) is 4.24. The molecular weight excluding hydrogens is 491 g/mol. The van der Waals surface area contributed by atoms with Crippen molar-refractivity contribution >= 4 is 23.6 Å². The Hall–Kier alpha value is -3.41. The van der Waals surface area contributed by atoms with E-state index in [1.165, 1.54) is 17.0 Å². The maximum absolute atomic E-state index is 12.9. The number of aromatic nitrogens is 2. The lowest BCUT2D eigenvalue weighted by Crippen LogP contribution is -2.36. The van der Waals surface area contributed by atoms with Gasteiger partial charge in [-0.15, -0.1) is 0 Å². The number of hydrogen-bond donors (Lipinski definition) is 1. The van der Waals surface area contributed by atoms with Crippen LogP contribution in [-0.2, 0) is 27.1 Å². The molecule has 9 nitrogen and oxygen atoms in total. The van der Waals surface area contributed by atoms with E-state index in [9.17, 15) is 22.8 Å². The Morgan fingerprint density at radius 1 is 1.11 bits per heavy atom. The fourth-order valence-corrected chi connectivity index (χ4v) is 4.17. The Morgan fingerprint density at radius 3 is 2.35 bits per heavy atom. The summed E-state index contributed by atoms with van der Waals surface area (Å²) in [6.07, 6.45) is -0.985. The number of hydrogen-bond acceptors (Lipinski definition) is 7. The number of likely N-dealkylation sites (tertiary alicyclic amines) is 1. The Kier molecular flexibility index (Phi) is 7.58. The molecule has 4 rings (SSSR count). The van der Waals surface area contributed by atoms with Gasteiger partial charge in [0.15, 0.2) is 0 Å². The third-order valence-corrected chi connectivity index (χ3v) is 6.00. The molecule has 2 atom stereocenters.